The van der Waals surface area contributed by atoms with Crippen molar-refractivity contribution in [2.24, 2.45) is 0 Å². The summed E-state index contributed by atoms with van der Waals surface area (Å²) in [6, 6.07) is 12.6. The van der Waals surface area contributed by atoms with E-state index >= 15 is 0 Å². The summed E-state index contributed by atoms with van der Waals surface area (Å²) in [7, 11) is 0. The topological polar surface area (TPSA) is 69.2 Å². The monoisotopic (exact) mass is 351 g/mol. The number of phenols is 1. The number of phenolic OH excluding ortho intramolecular Hbond substituents is 1. The van der Waals surface area contributed by atoms with E-state index in [4.69, 9.17) is 0 Å². The molecule has 0 fully saturated rings. The number of fused-ring (bicyclic) bond motifs is 1. The average molecular weight is 351 g/mol. The van der Waals surface area contributed by atoms with Gasteiger partial charge in [-0.1, -0.05) is 19.1 Å². The smallest absolute Gasteiger partial charge is 0.273 e. The van der Waals surface area contributed by atoms with E-state index < -0.39 is 0 Å². The Labute approximate surface area is 150 Å². The first kappa shape index (κ1) is 16.3. The van der Waals surface area contributed by atoms with E-state index in [0.717, 1.165) is 23.1 Å². The van der Waals surface area contributed by atoms with Crippen molar-refractivity contribution in [3.05, 3.63) is 71.2 Å². The molecule has 0 aliphatic carbocycles. The number of nitrogens with one attached hydrogen (secondary N) is 1. The molecule has 2 N–H and O–H groups in total. The number of aromatic nitrogens is 2. The van der Waals surface area contributed by atoms with Gasteiger partial charge in [0.1, 0.15) is 17.3 Å². The number of halogens is 1. The molecule has 26 heavy (non-hydrogen) atoms. The molecule has 0 unspecified atom stereocenters. The van der Waals surface area contributed by atoms with Gasteiger partial charge in [-0.15, -0.1) is 0 Å². The van der Waals surface area contributed by atoms with Crippen LogP contribution in [0.3, 0.4) is 0 Å². The molecule has 6 heteroatoms. The lowest BCUT2D eigenvalue weighted by atomic mass is 9.96. The second-order valence-corrected chi connectivity index (χ2v) is 6.36. The van der Waals surface area contributed by atoms with E-state index in [9.17, 15) is 14.3 Å². The number of benzene rings is 2. The maximum atomic E-state index is 13.3. The third-order valence-electron chi connectivity index (χ3n) is 4.63. The quantitative estimate of drug-likeness (QED) is 0.749. The summed E-state index contributed by atoms with van der Waals surface area (Å²) < 4.78 is 13.3. The molecule has 0 saturated heterocycles. The molecule has 5 nitrogen and oxygen atoms in total. The van der Waals surface area contributed by atoms with Crippen LogP contribution >= 0.6 is 0 Å². The van der Waals surface area contributed by atoms with Crippen LogP contribution in [0.2, 0.25) is 0 Å². The van der Waals surface area contributed by atoms with Crippen LogP contribution in [0, 0.1) is 5.82 Å². The van der Waals surface area contributed by atoms with Crippen LogP contribution in [-0.4, -0.2) is 32.7 Å². The SMILES string of the molecule is CCCN1C(=O)c2[nH]nc(-c3ccc(F)cc3)c2[C@@H]1c1cccc(O)c1. The van der Waals surface area contributed by atoms with Crippen molar-refractivity contribution in [1.29, 1.82) is 0 Å². The van der Waals surface area contributed by atoms with Gasteiger partial charge in [0.15, 0.2) is 0 Å². The highest BCUT2D eigenvalue weighted by Gasteiger charge is 2.41. The molecular formula is C20H18FN3O2. The third-order valence-corrected chi connectivity index (χ3v) is 4.63. The van der Waals surface area contributed by atoms with Gasteiger partial charge in [0.05, 0.1) is 11.7 Å². The number of hydrogen-bond acceptors (Lipinski definition) is 3. The zero-order chi connectivity index (χ0) is 18.3. The number of H-pyrrole nitrogens is 1. The normalized spacial score (nSPS) is 16.2. The Balaban J connectivity index is 1.89. The predicted octanol–water partition coefficient (Wildman–Crippen LogP) is 3.88. The highest BCUT2D eigenvalue weighted by Crippen LogP contribution is 2.43. The number of rotatable bonds is 4. The molecule has 2 heterocycles. The standard InChI is InChI=1S/C20H18FN3O2/c1-2-10-24-19(13-4-3-5-15(25)11-13)16-17(22-23-18(16)20(24)26)12-6-8-14(21)9-7-12/h3-9,11,19,25H,2,10H2,1H3,(H,22,23)/t19-/m0/s1. The Hall–Kier alpha value is -3.15. The summed E-state index contributed by atoms with van der Waals surface area (Å²) in [5.41, 5.74) is 3.39. The van der Waals surface area contributed by atoms with Gasteiger partial charge in [0, 0.05) is 17.7 Å². The van der Waals surface area contributed by atoms with E-state index in [0.29, 0.717) is 17.9 Å². The molecule has 0 bridgehead atoms. The molecular weight excluding hydrogens is 333 g/mol. The minimum absolute atomic E-state index is 0.115. The number of carbonyl (C=O) groups excluding carboxylic acids is 1. The Bertz CT molecular complexity index is 965. The lowest BCUT2D eigenvalue weighted by Gasteiger charge is -2.26. The maximum Gasteiger partial charge on any atom is 0.273 e. The van der Waals surface area contributed by atoms with E-state index in [1.807, 2.05) is 13.0 Å². The molecule has 132 valence electrons. The third kappa shape index (κ3) is 2.54. The van der Waals surface area contributed by atoms with E-state index in [2.05, 4.69) is 10.2 Å². The minimum atomic E-state index is -0.344. The van der Waals surface area contributed by atoms with Crippen molar-refractivity contribution in [1.82, 2.24) is 15.1 Å². The maximum absolute atomic E-state index is 13.3. The van der Waals surface area contributed by atoms with Gasteiger partial charge in [0.2, 0.25) is 0 Å². The second-order valence-electron chi connectivity index (χ2n) is 6.36. The molecule has 3 aromatic rings. The molecule has 2 aromatic carbocycles. The lowest BCUT2D eigenvalue weighted by molar-refractivity contribution is 0.0743. The predicted molar refractivity (Wildman–Crippen MR) is 95.3 cm³/mol. The first-order valence-electron chi connectivity index (χ1n) is 8.54. The van der Waals surface area contributed by atoms with Crippen LogP contribution in [0.1, 0.15) is 41.0 Å². The summed E-state index contributed by atoms with van der Waals surface area (Å²) in [5.74, 6) is -0.295. The first-order chi connectivity index (χ1) is 12.6. The molecule has 1 aliphatic rings. The Morgan fingerprint density at radius 2 is 2.00 bits per heavy atom. The minimum Gasteiger partial charge on any atom is -0.508 e. The summed E-state index contributed by atoms with van der Waals surface area (Å²) in [6.45, 7) is 2.60. The van der Waals surface area contributed by atoms with Gasteiger partial charge < -0.3 is 10.0 Å². The van der Waals surface area contributed by atoms with E-state index in [1.165, 1.54) is 12.1 Å². The van der Waals surface area contributed by atoms with Crippen molar-refractivity contribution in [3.63, 3.8) is 0 Å². The van der Waals surface area contributed by atoms with Gasteiger partial charge >= 0.3 is 0 Å². The summed E-state index contributed by atoms with van der Waals surface area (Å²) in [6.07, 6.45) is 0.810. The van der Waals surface area contributed by atoms with Crippen molar-refractivity contribution in [2.75, 3.05) is 6.54 Å². The van der Waals surface area contributed by atoms with Crippen LogP contribution in [-0.2, 0) is 0 Å². The molecule has 1 aliphatic heterocycles. The average Bonchev–Trinajstić information content (AvgIpc) is 3.16. The zero-order valence-corrected chi connectivity index (χ0v) is 14.2. The summed E-state index contributed by atoms with van der Waals surface area (Å²) in [4.78, 5) is 14.7. The number of amides is 1. The number of nitrogens with zero attached hydrogens (tertiary/aromatic N) is 2. The van der Waals surface area contributed by atoms with E-state index in [1.54, 1.807) is 35.2 Å². The van der Waals surface area contributed by atoms with Crippen LogP contribution in [0.25, 0.3) is 11.3 Å². The van der Waals surface area contributed by atoms with Crippen molar-refractivity contribution in [2.45, 2.75) is 19.4 Å². The Kier molecular flexibility index (Phi) is 3.95. The molecule has 1 atom stereocenters. The van der Waals surface area contributed by atoms with E-state index in [-0.39, 0.29) is 23.5 Å². The lowest BCUT2D eigenvalue weighted by Crippen LogP contribution is -2.30. The van der Waals surface area contributed by atoms with Gasteiger partial charge in [-0.2, -0.15) is 5.10 Å². The van der Waals surface area contributed by atoms with Crippen molar-refractivity contribution < 1.29 is 14.3 Å². The molecule has 0 spiro atoms. The fourth-order valence-electron chi connectivity index (χ4n) is 3.54. The highest BCUT2D eigenvalue weighted by atomic mass is 19.1. The molecule has 0 radical (unpaired) electrons. The number of aromatic hydroxyl groups is 1. The Morgan fingerprint density at radius 1 is 1.23 bits per heavy atom. The molecule has 1 aromatic heterocycles. The van der Waals surface area contributed by atoms with Crippen LogP contribution in [0.15, 0.2) is 48.5 Å². The highest BCUT2D eigenvalue weighted by molar-refractivity contribution is 6.00. The van der Waals surface area contributed by atoms with Crippen LogP contribution in [0.5, 0.6) is 5.75 Å². The zero-order valence-electron chi connectivity index (χ0n) is 14.2. The van der Waals surface area contributed by atoms with Gasteiger partial charge in [-0.05, 0) is 48.4 Å². The fourth-order valence-corrected chi connectivity index (χ4v) is 3.54. The van der Waals surface area contributed by atoms with Crippen molar-refractivity contribution >= 4 is 5.91 Å². The van der Waals surface area contributed by atoms with Crippen molar-refractivity contribution in [3.8, 4) is 17.0 Å². The van der Waals surface area contributed by atoms with Crippen LogP contribution in [0.4, 0.5) is 4.39 Å². The summed E-state index contributed by atoms with van der Waals surface area (Å²) in [5, 5.41) is 17.1. The van der Waals surface area contributed by atoms with Crippen LogP contribution < -0.4 is 0 Å². The fraction of sp³-hybridized carbons (Fsp3) is 0.200. The number of hydrogen-bond donors (Lipinski definition) is 2. The second kappa shape index (κ2) is 6.29. The summed E-state index contributed by atoms with van der Waals surface area (Å²) >= 11 is 0. The Morgan fingerprint density at radius 3 is 2.69 bits per heavy atom. The largest absolute Gasteiger partial charge is 0.508 e. The van der Waals surface area contributed by atoms with Gasteiger partial charge in [0.25, 0.3) is 5.91 Å². The number of aromatic amines is 1. The molecule has 4 rings (SSSR count). The van der Waals surface area contributed by atoms with Gasteiger partial charge in [-0.25, -0.2) is 4.39 Å². The molecule has 1 amide bonds. The number of carbonyl (C=O) groups is 1. The first-order valence-corrected chi connectivity index (χ1v) is 8.54. The van der Waals surface area contributed by atoms with Gasteiger partial charge in [-0.3, -0.25) is 9.89 Å². The molecule has 0 saturated carbocycles.